The number of anilines is 1. The maximum absolute atomic E-state index is 13.6. The highest BCUT2D eigenvalue weighted by molar-refractivity contribution is 7.92. The lowest BCUT2D eigenvalue weighted by atomic mass is 10.1. The van der Waals surface area contributed by atoms with Crippen LogP contribution in [0, 0.1) is 0 Å². The number of para-hydroxylation sites is 1. The van der Waals surface area contributed by atoms with Crippen molar-refractivity contribution in [2.45, 2.75) is 24.4 Å². The number of amides is 2. The summed E-state index contributed by atoms with van der Waals surface area (Å²) in [5, 5.41) is 3.55. The first-order valence-corrected chi connectivity index (χ1v) is 13.4. The molecule has 0 saturated heterocycles. The smallest absolute Gasteiger partial charge is 0.264 e. The molecule has 0 bridgehead atoms. The Morgan fingerprint density at radius 3 is 2.14 bits per heavy atom. The quantitative estimate of drug-likeness (QED) is 0.393. The Labute approximate surface area is 225 Å². The van der Waals surface area contributed by atoms with Crippen LogP contribution < -0.4 is 9.62 Å². The Morgan fingerprint density at radius 2 is 1.56 bits per heavy atom. The molecule has 0 radical (unpaired) electrons. The molecule has 0 aliphatic carbocycles. The third-order valence-corrected chi connectivity index (χ3v) is 8.25. The molecule has 36 heavy (non-hydrogen) atoms. The molecule has 3 rings (SSSR count). The van der Waals surface area contributed by atoms with Gasteiger partial charge in [-0.05, 0) is 61.0 Å². The highest BCUT2D eigenvalue weighted by Gasteiger charge is 2.32. The van der Waals surface area contributed by atoms with Gasteiger partial charge in [-0.3, -0.25) is 13.9 Å². The number of carbonyl (C=O) groups is 2. The zero-order chi connectivity index (χ0) is 26.5. The summed E-state index contributed by atoms with van der Waals surface area (Å²) >= 11 is 18.1. The van der Waals surface area contributed by atoms with E-state index in [1.807, 2.05) is 0 Å². The van der Waals surface area contributed by atoms with Crippen molar-refractivity contribution in [2.75, 3.05) is 17.9 Å². The number of likely N-dealkylation sites (N-methyl/N-ethyl adjacent to an activating group) is 1. The summed E-state index contributed by atoms with van der Waals surface area (Å²) in [6, 6.07) is 17.9. The third-order valence-electron chi connectivity index (χ3n) is 5.48. The van der Waals surface area contributed by atoms with Crippen LogP contribution in [-0.4, -0.2) is 44.8 Å². The van der Waals surface area contributed by atoms with Crippen LogP contribution in [0.25, 0.3) is 0 Å². The van der Waals surface area contributed by atoms with E-state index in [9.17, 15) is 18.0 Å². The van der Waals surface area contributed by atoms with Crippen molar-refractivity contribution in [3.05, 3.63) is 93.4 Å². The van der Waals surface area contributed by atoms with Crippen molar-refractivity contribution in [3.8, 4) is 0 Å². The molecule has 0 unspecified atom stereocenters. The molecule has 190 valence electrons. The van der Waals surface area contributed by atoms with Gasteiger partial charge >= 0.3 is 0 Å². The molecule has 0 aromatic heterocycles. The number of nitrogens with zero attached hydrogens (tertiary/aromatic N) is 2. The van der Waals surface area contributed by atoms with Gasteiger partial charge in [0.05, 0.1) is 20.6 Å². The molecule has 0 saturated carbocycles. The topological polar surface area (TPSA) is 86.8 Å². The average molecular weight is 569 g/mol. The molecule has 0 aliphatic heterocycles. The summed E-state index contributed by atoms with van der Waals surface area (Å²) in [7, 11) is -2.69. The molecule has 0 heterocycles. The molecule has 3 aromatic carbocycles. The highest BCUT2D eigenvalue weighted by atomic mass is 35.5. The second-order valence-corrected chi connectivity index (χ2v) is 11.0. The Bertz CT molecular complexity index is 1340. The van der Waals surface area contributed by atoms with E-state index in [4.69, 9.17) is 34.8 Å². The number of nitrogens with one attached hydrogen (secondary N) is 1. The van der Waals surface area contributed by atoms with E-state index in [1.165, 1.54) is 36.2 Å². The number of halogens is 3. The van der Waals surface area contributed by atoms with Gasteiger partial charge in [0, 0.05) is 18.6 Å². The lowest BCUT2D eigenvalue weighted by Crippen LogP contribution is -2.50. The molecule has 3 aromatic rings. The van der Waals surface area contributed by atoms with E-state index < -0.39 is 34.4 Å². The Hall–Kier alpha value is -2.78. The molecule has 0 spiro atoms. The van der Waals surface area contributed by atoms with Crippen LogP contribution in [0.1, 0.15) is 12.5 Å². The van der Waals surface area contributed by atoms with Crippen LogP contribution in [0.3, 0.4) is 0 Å². The molecule has 1 atom stereocenters. The SMILES string of the molecule is CNC(=O)[C@H](C)N(Cc1ccc(Cl)c(Cl)c1)C(=O)CN(c1ccccc1)S(=O)(=O)c1ccc(Cl)cc1. The van der Waals surface area contributed by atoms with Crippen LogP contribution in [0.15, 0.2) is 77.7 Å². The summed E-state index contributed by atoms with van der Waals surface area (Å²) in [4.78, 5) is 27.4. The fourth-order valence-electron chi connectivity index (χ4n) is 3.48. The number of sulfonamides is 1. The van der Waals surface area contributed by atoms with Crippen molar-refractivity contribution in [1.29, 1.82) is 0 Å². The molecule has 0 aliphatic rings. The van der Waals surface area contributed by atoms with Gasteiger partial charge in [-0.25, -0.2) is 8.42 Å². The number of rotatable bonds is 9. The second kappa shape index (κ2) is 12.0. The Kier molecular flexibility index (Phi) is 9.24. The lowest BCUT2D eigenvalue weighted by molar-refractivity contribution is -0.139. The first-order valence-electron chi connectivity index (χ1n) is 10.8. The predicted molar refractivity (Wildman–Crippen MR) is 143 cm³/mol. The second-order valence-electron chi connectivity index (χ2n) is 7.86. The maximum Gasteiger partial charge on any atom is 0.264 e. The standard InChI is InChI=1S/C25H24Cl3N3O4S/c1-17(25(33)29-2)30(15-18-8-13-22(27)23(28)14-18)24(32)16-31(20-6-4-3-5-7-20)36(34,35)21-11-9-19(26)10-12-21/h3-14,17H,15-16H2,1-2H3,(H,29,33)/t17-/m0/s1. The predicted octanol–water partition coefficient (Wildman–Crippen LogP) is 5.01. The summed E-state index contributed by atoms with van der Waals surface area (Å²) in [5.41, 5.74) is 0.920. The minimum atomic E-state index is -4.15. The van der Waals surface area contributed by atoms with E-state index in [1.54, 1.807) is 55.5 Å². The summed E-state index contributed by atoms with van der Waals surface area (Å²) in [6.07, 6.45) is 0. The van der Waals surface area contributed by atoms with E-state index in [-0.39, 0.29) is 11.4 Å². The maximum atomic E-state index is 13.6. The summed E-state index contributed by atoms with van der Waals surface area (Å²) < 4.78 is 28.2. The van der Waals surface area contributed by atoms with Crippen LogP contribution in [-0.2, 0) is 26.2 Å². The van der Waals surface area contributed by atoms with Gasteiger partial charge in [-0.1, -0.05) is 59.1 Å². The monoisotopic (exact) mass is 567 g/mol. The van der Waals surface area contributed by atoms with Crippen LogP contribution in [0.4, 0.5) is 5.69 Å². The van der Waals surface area contributed by atoms with Gasteiger partial charge in [-0.2, -0.15) is 0 Å². The van der Waals surface area contributed by atoms with Crippen molar-refractivity contribution in [1.82, 2.24) is 10.2 Å². The van der Waals surface area contributed by atoms with Gasteiger partial charge < -0.3 is 10.2 Å². The largest absolute Gasteiger partial charge is 0.357 e. The van der Waals surface area contributed by atoms with Crippen LogP contribution in [0.2, 0.25) is 15.1 Å². The molecule has 0 fully saturated rings. The zero-order valence-corrected chi connectivity index (χ0v) is 22.6. The van der Waals surface area contributed by atoms with Crippen molar-refractivity contribution in [3.63, 3.8) is 0 Å². The van der Waals surface area contributed by atoms with E-state index in [0.717, 1.165) is 4.31 Å². The van der Waals surface area contributed by atoms with E-state index in [0.29, 0.717) is 26.3 Å². The van der Waals surface area contributed by atoms with Gasteiger partial charge in [0.1, 0.15) is 12.6 Å². The number of hydrogen-bond donors (Lipinski definition) is 1. The van der Waals surface area contributed by atoms with Gasteiger partial charge in [0.2, 0.25) is 11.8 Å². The van der Waals surface area contributed by atoms with Gasteiger partial charge in [-0.15, -0.1) is 0 Å². The minimum Gasteiger partial charge on any atom is -0.357 e. The fourth-order valence-corrected chi connectivity index (χ4v) is 5.34. The molecule has 2 amide bonds. The average Bonchev–Trinajstić information content (AvgIpc) is 2.87. The van der Waals surface area contributed by atoms with Crippen molar-refractivity contribution >= 4 is 62.3 Å². The van der Waals surface area contributed by atoms with Gasteiger partial charge in [0.25, 0.3) is 10.0 Å². The fraction of sp³-hybridized carbons (Fsp3) is 0.200. The number of benzene rings is 3. The van der Waals surface area contributed by atoms with Crippen molar-refractivity contribution in [2.24, 2.45) is 0 Å². The first-order chi connectivity index (χ1) is 17.0. The summed E-state index contributed by atoms with van der Waals surface area (Å²) in [5.74, 6) is -0.992. The van der Waals surface area contributed by atoms with Crippen LogP contribution in [0.5, 0.6) is 0 Å². The molecule has 7 nitrogen and oxygen atoms in total. The van der Waals surface area contributed by atoms with E-state index >= 15 is 0 Å². The van der Waals surface area contributed by atoms with Crippen molar-refractivity contribution < 1.29 is 18.0 Å². The lowest BCUT2D eigenvalue weighted by Gasteiger charge is -2.31. The third kappa shape index (κ3) is 6.50. The molecule has 11 heteroatoms. The first kappa shape index (κ1) is 27.8. The van der Waals surface area contributed by atoms with Gasteiger partial charge in [0.15, 0.2) is 0 Å². The normalized spacial score (nSPS) is 12.0. The highest BCUT2D eigenvalue weighted by Crippen LogP contribution is 2.26. The molecule has 1 N–H and O–H groups in total. The molecular formula is C25H24Cl3N3O4S. The number of carbonyl (C=O) groups excluding carboxylic acids is 2. The molecular weight excluding hydrogens is 545 g/mol. The number of hydrogen-bond acceptors (Lipinski definition) is 4. The van der Waals surface area contributed by atoms with Crippen LogP contribution >= 0.6 is 34.8 Å². The van der Waals surface area contributed by atoms with E-state index in [2.05, 4.69) is 5.32 Å². The Morgan fingerprint density at radius 1 is 0.917 bits per heavy atom. The zero-order valence-electron chi connectivity index (χ0n) is 19.5. The summed E-state index contributed by atoms with van der Waals surface area (Å²) in [6.45, 7) is 1.03. The Balaban J connectivity index is 2.01. The minimum absolute atomic E-state index is 0.00787.